The molecule has 0 aliphatic heterocycles. The van der Waals surface area contributed by atoms with E-state index in [9.17, 15) is 4.79 Å². The highest BCUT2D eigenvalue weighted by Crippen LogP contribution is 2.23. The van der Waals surface area contributed by atoms with Gasteiger partial charge in [-0.25, -0.2) is 4.68 Å². The third-order valence-electron chi connectivity index (χ3n) is 4.17. The number of carbonyl (C=O) groups excluding carboxylic acids is 1. The molecule has 1 aromatic heterocycles. The molecule has 4 heteroatoms. The predicted octanol–water partition coefficient (Wildman–Crippen LogP) is 3.98. The highest BCUT2D eigenvalue weighted by atomic mass is 16.1. The van der Waals surface area contributed by atoms with Gasteiger partial charge in [0.2, 0.25) is 5.91 Å². The Morgan fingerprint density at radius 1 is 1.00 bits per heavy atom. The van der Waals surface area contributed by atoms with E-state index in [1.165, 1.54) is 0 Å². The van der Waals surface area contributed by atoms with Crippen LogP contribution < -0.4 is 5.32 Å². The molecular weight excluding hydrogens is 298 g/mol. The van der Waals surface area contributed by atoms with Crippen molar-refractivity contribution in [3.63, 3.8) is 0 Å². The summed E-state index contributed by atoms with van der Waals surface area (Å²) in [6.45, 7) is 5.90. The molecular formula is C20H21N3O. The third kappa shape index (κ3) is 3.23. The number of nitrogens with zero attached hydrogens (tertiary/aromatic N) is 2. The molecule has 0 aliphatic rings. The Bertz CT molecular complexity index is 866. The van der Waals surface area contributed by atoms with Crippen molar-refractivity contribution in [3.05, 3.63) is 77.1 Å². The first-order valence-corrected chi connectivity index (χ1v) is 8.02. The average Bonchev–Trinajstić information content (AvgIpc) is 2.86. The topological polar surface area (TPSA) is 46.9 Å². The van der Waals surface area contributed by atoms with Crippen molar-refractivity contribution in [2.45, 2.75) is 27.2 Å². The number of para-hydroxylation sites is 1. The lowest BCUT2D eigenvalue weighted by molar-refractivity contribution is -0.115. The molecule has 1 N–H and O–H groups in total. The largest absolute Gasteiger partial charge is 0.323 e. The molecule has 0 unspecified atom stereocenters. The van der Waals surface area contributed by atoms with Crippen molar-refractivity contribution in [3.8, 4) is 5.69 Å². The fourth-order valence-corrected chi connectivity index (χ4v) is 2.81. The van der Waals surface area contributed by atoms with Gasteiger partial charge in [-0.05, 0) is 44.0 Å². The third-order valence-corrected chi connectivity index (χ3v) is 4.17. The van der Waals surface area contributed by atoms with E-state index in [1.54, 1.807) is 0 Å². The molecule has 0 saturated carbocycles. The van der Waals surface area contributed by atoms with E-state index in [0.717, 1.165) is 33.9 Å². The lowest BCUT2D eigenvalue weighted by Gasteiger charge is -2.08. The number of amides is 1. The van der Waals surface area contributed by atoms with Gasteiger partial charge in [0.15, 0.2) is 0 Å². The van der Waals surface area contributed by atoms with Crippen molar-refractivity contribution >= 4 is 11.6 Å². The Morgan fingerprint density at radius 3 is 2.38 bits per heavy atom. The van der Waals surface area contributed by atoms with E-state index in [1.807, 2.05) is 80.1 Å². The first kappa shape index (κ1) is 16.0. The van der Waals surface area contributed by atoms with Crippen molar-refractivity contribution in [2.75, 3.05) is 5.32 Å². The zero-order valence-corrected chi connectivity index (χ0v) is 14.2. The summed E-state index contributed by atoms with van der Waals surface area (Å²) in [7, 11) is 0. The van der Waals surface area contributed by atoms with Crippen molar-refractivity contribution in [1.29, 1.82) is 0 Å². The standard InChI is InChI=1S/C20H21N3O/c1-14-9-7-8-10-17(14)13-19(24)21-20-15(2)22-23(16(20)3)18-11-5-4-6-12-18/h4-12H,13H2,1-3H3,(H,21,24). The molecule has 0 saturated heterocycles. The van der Waals surface area contributed by atoms with Crippen LogP contribution in [0.4, 0.5) is 5.69 Å². The van der Waals surface area contributed by atoms with E-state index in [0.29, 0.717) is 6.42 Å². The van der Waals surface area contributed by atoms with Crippen LogP contribution in [0.15, 0.2) is 54.6 Å². The van der Waals surface area contributed by atoms with Crippen molar-refractivity contribution < 1.29 is 4.79 Å². The fourth-order valence-electron chi connectivity index (χ4n) is 2.81. The van der Waals surface area contributed by atoms with Gasteiger partial charge in [0, 0.05) is 0 Å². The summed E-state index contributed by atoms with van der Waals surface area (Å²) in [6, 6.07) is 17.9. The summed E-state index contributed by atoms with van der Waals surface area (Å²) in [5.41, 5.74) is 5.68. The molecule has 1 heterocycles. The second-order valence-electron chi connectivity index (χ2n) is 5.94. The maximum Gasteiger partial charge on any atom is 0.228 e. The van der Waals surface area contributed by atoms with Gasteiger partial charge in [-0.2, -0.15) is 5.10 Å². The van der Waals surface area contributed by atoms with E-state index in [-0.39, 0.29) is 5.91 Å². The number of hydrogen-bond donors (Lipinski definition) is 1. The monoisotopic (exact) mass is 319 g/mol. The maximum absolute atomic E-state index is 12.4. The molecule has 3 rings (SSSR count). The molecule has 1 amide bonds. The van der Waals surface area contributed by atoms with Crippen LogP contribution in [0.1, 0.15) is 22.5 Å². The predicted molar refractivity (Wildman–Crippen MR) is 96.6 cm³/mol. The fraction of sp³-hybridized carbons (Fsp3) is 0.200. The molecule has 0 atom stereocenters. The maximum atomic E-state index is 12.4. The number of benzene rings is 2. The molecule has 0 spiro atoms. The van der Waals surface area contributed by atoms with Gasteiger partial charge in [0.25, 0.3) is 0 Å². The Morgan fingerprint density at radius 2 is 1.67 bits per heavy atom. The van der Waals surface area contributed by atoms with Crippen LogP contribution in [0.2, 0.25) is 0 Å². The minimum absolute atomic E-state index is 0.0249. The van der Waals surface area contributed by atoms with Gasteiger partial charge in [0.05, 0.1) is 29.2 Å². The Kier molecular flexibility index (Phi) is 4.47. The quantitative estimate of drug-likeness (QED) is 0.790. The molecule has 122 valence electrons. The average molecular weight is 319 g/mol. The highest BCUT2D eigenvalue weighted by molar-refractivity contribution is 5.93. The van der Waals surface area contributed by atoms with Gasteiger partial charge in [-0.3, -0.25) is 4.79 Å². The number of aromatic nitrogens is 2. The summed E-state index contributed by atoms with van der Waals surface area (Å²) in [6.07, 6.45) is 0.363. The van der Waals surface area contributed by atoms with E-state index >= 15 is 0 Å². The smallest absolute Gasteiger partial charge is 0.228 e. The minimum Gasteiger partial charge on any atom is -0.323 e. The number of anilines is 1. The summed E-state index contributed by atoms with van der Waals surface area (Å²) in [4.78, 5) is 12.4. The zero-order valence-electron chi connectivity index (χ0n) is 14.2. The molecule has 0 bridgehead atoms. The van der Waals surface area contributed by atoms with Gasteiger partial charge in [0.1, 0.15) is 0 Å². The molecule has 24 heavy (non-hydrogen) atoms. The van der Waals surface area contributed by atoms with E-state index in [2.05, 4.69) is 10.4 Å². The summed E-state index contributed by atoms with van der Waals surface area (Å²) in [5, 5.41) is 7.58. The minimum atomic E-state index is -0.0249. The summed E-state index contributed by atoms with van der Waals surface area (Å²) < 4.78 is 1.86. The molecule has 0 radical (unpaired) electrons. The number of carbonyl (C=O) groups is 1. The summed E-state index contributed by atoms with van der Waals surface area (Å²) in [5.74, 6) is -0.0249. The number of hydrogen-bond acceptors (Lipinski definition) is 2. The lowest BCUT2D eigenvalue weighted by Crippen LogP contribution is -2.16. The van der Waals surface area contributed by atoms with Crippen LogP contribution in [0.3, 0.4) is 0 Å². The Hall–Kier alpha value is -2.88. The first-order valence-electron chi connectivity index (χ1n) is 8.02. The van der Waals surface area contributed by atoms with Crippen LogP contribution in [-0.4, -0.2) is 15.7 Å². The Labute approximate surface area is 142 Å². The SMILES string of the molecule is Cc1ccccc1CC(=O)Nc1c(C)nn(-c2ccccc2)c1C. The van der Waals surface area contributed by atoms with Crippen LogP contribution >= 0.6 is 0 Å². The van der Waals surface area contributed by atoms with Crippen LogP contribution in [0.5, 0.6) is 0 Å². The number of nitrogens with one attached hydrogen (secondary N) is 1. The summed E-state index contributed by atoms with van der Waals surface area (Å²) >= 11 is 0. The van der Waals surface area contributed by atoms with Gasteiger partial charge >= 0.3 is 0 Å². The normalized spacial score (nSPS) is 10.6. The van der Waals surface area contributed by atoms with Crippen molar-refractivity contribution in [2.24, 2.45) is 0 Å². The van der Waals surface area contributed by atoms with Crippen LogP contribution in [-0.2, 0) is 11.2 Å². The van der Waals surface area contributed by atoms with Gasteiger partial charge in [-0.1, -0.05) is 42.5 Å². The van der Waals surface area contributed by atoms with Crippen LogP contribution in [0, 0.1) is 20.8 Å². The number of aryl methyl sites for hydroxylation is 2. The van der Waals surface area contributed by atoms with Crippen molar-refractivity contribution in [1.82, 2.24) is 9.78 Å². The second kappa shape index (κ2) is 6.71. The van der Waals surface area contributed by atoms with E-state index < -0.39 is 0 Å². The van der Waals surface area contributed by atoms with E-state index in [4.69, 9.17) is 0 Å². The lowest BCUT2D eigenvalue weighted by atomic mass is 10.1. The Balaban J connectivity index is 1.82. The first-order chi connectivity index (χ1) is 11.6. The molecule has 0 aliphatic carbocycles. The zero-order chi connectivity index (χ0) is 17.1. The van der Waals surface area contributed by atoms with Gasteiger partial charge < -0.3 is 5.32 Å². The molecule has 2 aromatic carbocycles. The van der Waals surface area contributed by atoms with Crippen LogP contribution in [0.25, 0.3) is 5.69 Å². The molecule has 3 aromatic rings. The van der Waals surface area contributed by atoms with Gasteiger partial charge in [-0.15, -0.1) is 0 Å². The second-order valence-corrected chi connectivity index (χ2v) is 5.94. The highest BCUT2D eigenvalue weighted by Gasteiger charge is 2.15. The number of rotatable bonds is 4. The molecule has 4 nitrogen and oxygen atoms in total. The molecule has 0 fully saturated rings.